The van der Waals surface area contributed by atoms with Gasteiger partial charge in [0.05, 0.1) is 23.9 Å². The first kappa shape index (κ1) is 39.3. The van der Waals surface area contributed by atoms with Gasteiger partial charge in [-0.2, -0.15) is 0 Å². The van der Waals surface area contributed by atoms with Crippen molar-refractivity contribution in [2.45, 2.75) is 84.7 Å². The van der Waals surface area contributed by atoms with Crippen LogP contribution >= 0.6 is 0 Å². The summed E-state index contributed by atoms with van der Waals surface area (Å²) in [5.41, 5.74) is 11.0. The van der Waals surface area contributed by atoms with E-state index in [1.165, 1.54) is 33.2 Å². The number of amides is 4. The molecule has 4 aliphatic rings. The number of carbonyl (C=O) groups excluding carboxylic acids is 3. The third-order valence-corrected chi connectivity index (χ3v) is 12.3. The van der Waals surface area contributed by atoms with Crippen molar-refractivity contribution in [3.63, 3.8) is 0 Å². The third-order valence-electron chi connectivity index (χ3n) is 12.3. The second-order valence-corrected chi connectivity index (χ2v) is 15.7. The Morgan fingerprint density at radius 3 is 1.64 bits per heavy atom. The molecule has 5 atom stereocenters. The van der Waals surface area contributed by atoms with Gasteiger partial charge in [0.2, 0.25) is 0 Å². The number of ketones is 1. The Morgan fingerprint density at radius 2 is 1.20 bits per heavy atom. The summed E-state index contributed by atoms with van der Waals surface area (Å²) in [4.78, 5) is 52.2. The SMILES string of the molecule is CCN(CC)C(=O)N[C@H]1C=C2c3cccc4[nH]c(C(C)=O)c(c34)C[C@H]2N(C)C1.CCN(CC)C(=O)N[C@H]1C=C2c3cccc4[nH]c(C(C)O)c(c34)C[C@H]2N(C)C1. The molecule has 56 heavy (non-hydrogen) atoms. The Balaban J connectivity index is 0.000000172. The van der Waals surface area contributed by atoms with Crippen molar-refractivity contribution in [2.24, 2.45) is 0 Å². The third kappa shape index (κ3) is 7.03. The quantitative estimate of drug-likeness (QED) is 0.141. The van der Waals surface area contributed by atoms with E-state index >= 15 is 0 Å². The first-order chi connectivity index (χ1) is 26.9. The van der Waals surface area contributed by atoms with E-state index in [9.17, 15) is 19.5 Å². The Kier molecular flexibility index (Phi) is 11.2. The molecular formula is C44H58N8O4. The van der Waals surface area contributed by atoms with Gasteiger partial charge in [-0.3, -0.25) is 14.6 Å². The maximum Gasteiger partial charge on any atom is 0.317 e. The number of hydrogen-bond acceptors (Lipinski definition) is 6. The smallest absolute Gasteiger partial charge is 0.317 e. The molecule has 4 aromatic rings. The zero-order chi connectivity index (χ0) is 40.0. The fourth-order valence-electron chi connectivity index (χ4n) is 9.47. The molecule has 2 aliphatic carbocycles. The molecule has 8 rings (SSSR count). The highest BCUT2D eigenvalue weighted by molar-refractivity contribution is 6.06. The standard InChI is InChI=1S/C22H30N4O2.C22H28N4O2/c2*1-5-26(6-2)22(28)23-14-10-16-15-8-7-9-18-20(15)17(21(24-18)13(3)27)11-19(16)25(4)12-14/h7-10,13-14,19,24,27H,5-6,11-12H2,1-4H3,(H,23,28);7-10,14,19,24H,5-6,11-12H2,1-4H3,(H,23,28)/t13?,14-,19+;14-,19+/m00/s1. The number of H-pyrrole nitrogens is 2. The molecule has 0 saturated carbocycles. The van der Waals surface area contributed by atoms with Gasteiger partial charge in [0.25, 0.3) is 0 Å². The number of nitrogens with zero attached hydrogens (tertiary/aromatic N) is 4. The molecule has 2 aliphatic heterocycles. The number of aromatic amines is 2. The number of nitrogens with one attached hydrogen (secondary N) is 4. The molecule has 0 bridgehead atoms. The zero-order valence-electron chi connectivity index (χ0n) is 34.1. The largest absolute Gasteiger partial charge is 0.387 e. The van der Waals surface area contributed by atoms with Crippen LogP contribution in [0.15, 0.2) is 48.6 Å². The molecule has 12 nitrogen and oxygen atoms in total. The van der Waals surface area contributed by atoms with Crippen LogP contribution in [0.1, 0.15) is 86.1 Å². The summed E-state index contributed by atoms with van der Waals surface area (Å²) in [5.74, 6) is 0.0763. The minimum absolute atomic E-state index is 0.00792. The van der Waals surface area contributed by atoms with Crippen LogP contribution in [0.3, 0.4) is 0 Å². The first-order valence-corrected chi connectivity index (χ1v) is 20.3. The van der Waals surface area contributed by atoms with E-state index in [1.54, 1.807) is 11.8 Å². The van der Waals surface area contributed by atoms with Gasteiger partial charge in [0, 0.05) is 85.8 Å². The number of aromatic nitrogens is 2. The van der Waals surface area contributed by atoms with Crippen molar-refractivity contribution < 1.29 is 19.5 Å². The number of aliphatic hydroxyl groups excluding tert-OH is 1. The second kappa shape index (κ2) is 15.9. The predicted octanol–water partition coefficient (Wildman–Crippen LogP) is 5.94. The molecule has 12 heteroatoms. The molecule has 5 N–H and O–H groups in total. The number of rotatable bonds is 8. The monoisotopic (exact) mass is 762 g/mol. The van der Waals surface area contributed by atoms with Gasteiger partial charge in [0.15, 0.2) is 5.78 Å². The van der Waals surface area contributed by atoms with E-state index in [0.29, 0.717) is 26.2 Å². The van der Waals surface area contributed by atoms with Crippen molar-refractivity contribution in [3.8, 4) is 0 Å². The second-order valence-electron chi connectivity index (χ2n) is 15.7. The van der Waals surface area contributed by atoms with Crippen molar-refractivity contribution in [1.82, 2.24) is 40.2 Å². The number of benzene rings is 2. The number of Topliss-reactive ketones (excluding diaryl/α,β-unsaturated/α-hetero) is 1. The lowest BCUT2D eigenvalue weighted by Crippen LogP contribution is -2.52. The molecule has 0 spiro atoms. The van der Waals surface area contributed by atoms with E-state index in [2.05, 4.69) is 80.9 Å². The molecular weight excluding hydrogens is 705 g/mol. The Labute approximate surface area is 330 Å². The van der Waals surface area contributed by atoms with Crippen LogP contribution in [0.2, 0.25) is 0 Å². The molecule has 4 heterocycles. The topological polar surface area (TPSA) is 140 Å². The molecule has 2 aromatic heterocycles. The van der Waals surface area contributed by atoms with Gasteiger partial charge in [-0.15, -0.1) is 0 Å². The van der Waals surface area contributed by atoms with Crippen LogP contribution in [-0.4, -0.2) is 130 Å². The first-order valence-electron chi connectivity index (χ1n) is 20.3. The number of carbonyl (C=O) groups is 3. The molecule has 2 aromatic carbocycles. The van der Waals surface area contributed by atoms with Crippen LogP contribution in [0, 0.1) is 0 Å². The lowest BCUT2D eigenvalue weighted by Gasteiger charge is -2.40. The van der Waals surface area contributed by atoms with Crippen molar-refractivity contribution in [1.29, 1.82) is 0 Å². The highest BCUT2D eigenvalue weighted by Gasteiger charge is 2.37. The Morgan fingerprint density at radius 1 is 0.750 bits per heavy atom. The molecule has 0 saturated heterocycles. The summed E-state index contributed by atoms with van der Waals surface area (Å²) in [7, 11) is 4.22. The Hall–Kier alpha value is -4.91. The molecule has 298 valence electrons. The highest BCUT2D eigenvalue weighted by Crippen LogP contribution is 2.43. The predicted molar refractivity (Wildman–Crippen MR) is 224 cm³/mol. The fourth-order valence-corrected chi connectivity index (χ4v) is 9.47. The Bertz CT molecular complexity index is 2210. The minimum atomic E-state index is -0.518. The van der Waals surface area contributed by atoms with Crippen LogP contribution < -0.4 is 10.6 Å². The summed E-state index contributed by atoms with van der Waals surface area (Å²) in [5, 5.41) is 19.0. The van der Waals surface area contributed by atoms with Gasteiger partial charge in [-0.25, -0.2) is 9.59 Å². The molecule has 4 amide bonds. The van der Waals surface area contributed by atoms with Crippen molar-refractivity contribution in [3.05, 3.63) is 82.2 Å². The number of urea groups is 2. The van der Waals surface area contributed by atoms with Crippen molar-refractivity contribution >= 4 is 50.8 Å². The summed E-state index contributed by atoms with van der Waals surface area (Å²) >= 11 is 0. The summed E-state index contributed by atoms with van der Waals surface area (Å²) in [6, 6.07) is 12.9. The molecule has 0 fully saturated rings. The van der Waals surface area contributed by atoms with Crippen molar-refractivity contribution in [2.75, 3.05) is 53.4 Å². The summed E-state index contributed by atoms with van der Waals surface area (Å²) in [6.45, 7) is 15.8. The van der Waals surface area contributed by atoms with Gasteiger partial charge in [-0.05, 0) is 107 Å². The van der Waals surface area contributed by atoms with Crippen LogP contribution in [0.25, 0.3) is 33.0 Å². The van der Waals surface area contributed by atoms with Crippen LogP contribution in [0.5, 0.6) is 0 Å². The normalized spacial score (nSPS) is 21.9. The number of fused-ring (bicyclic) bond motifs is 4. The van der Waals surface area contributed by atoms with Gasteiger partial charge >= 0.3 is 12.1 Å². The maximum atomic E-state index is 12.5. The van der Waals surface area contributed by atoms with Crippen LogP contribution in [-0.2, 0) is 12.8 Å². The van der Waals surface area contributed by atoms with E-state index in [4.69, 9.17) is 0 Å². The number of aliphatic hydroxyl groups is 1. The average Bonchev–Trinajstić information content (AvgIpc) is 3.74. The van der Waals surface area contributed by atoms with E-state index < -0.39 is 6.10 Å². The average molecular weight is 763 g/mol. The molecule has 1 unspecified atom stereocenters. The number of likely N-dealkylation sites (N-methyl/N-ethyl adjacent to an activating group) is 2. The number of hydrogen-bond donors (Lipinski definition) is 5. The maximum absolute atomic E-state index is 12.5. The van der Waals surface area contributed by atoms with Crippen LogP contribution in [0.4, 0.5) is 9.59 Å². The zero-order valence-corrected chi connectivity index (χ0v) is 34.1. The van der Waals surface area contributed by atoms with Gasteiger partial charge in [-0.1, -0.05) is 36.4 Å². The lowest BCUT2D eigenvalue weighted by molar-refractivity contribution is 0.101. The van der Waals surface area contributed by atoms with E-state index in [0.717, 1.165) is 59.3 Å². The molecule has 0 radical (unpaired) electrons. The fraction of sp³-hybridized carbons (Fsp3) is 0.477. The van der Waals surface area contributed by atoms with Gasteiger partial charge in [0.1, 0.15) is 0 Å². The van der Waals surface area contributed by atoms with Gasteiger partial charge < -0.3 is 35.5 Å². The summed E-state index contributed by atoms with van der Waals surface area (Å²) in [6.07, 6.45) is 5.61. The van der Waals surface area contributed by atoms with E-state index in [-0.39, 0.29) is 42.0 Å². The summed E-state index contributed by atoms with van der Waals surface area (Å²) < 4.78 is 0. The highest BCUT2D eigenvalue weighted by atomic mass is 16.3. The van der Waals surface area contributed by atoms with E-state index in [1.807, 2.05) is 51.7 Å². The lowest BCUT2D eigenvalue weighted by atomic mass is 9.80. The minimum Gasteiger partial charge on any atom is -0.387 e.